The molecule has 0 bridgehead atoms. The fourth-order valence-electron chi connectivity index (χ4n) is 2.32. The van der Waals surface area contributed by atoms with E-state index in [4.69, 9.17) is 0 Å². The van der Waals surface area contributed by atoms with Crippen LogP contribution in [0.15, 0.2) is 0 Å². The van der Waals surface area contributed by atoms with E-state index in [0.29, 0.717) is 19.5 Å². The molecule has 1 amide bonds. The second-order valence-electron chi connectivity index (χ2n) is 4.64. The van der Waals surface area contributed by atoms with E-state index in [9.17, 15) is 13.2 Å². The van der Waals surface area contributed by atoms with Gasteiger partial charge in [0.05, 0.1) is 12.3 Å². The molecule has 18 heavy (non-hydrogen) atoms. The molecular weight excluding hydrogens is 278 g/mol. The molecule has 2 saturated heterocycles. The molecule has 2 heterocycles. The number of carbonyl (C=O) groups excluding carboxylic acids is 1. The van der Waals surface area contributed by atoms with E-state index in [1.165, 1.54) is 4.31 Å². The highest BCUT2D eigenvalue weighted by Gasteiger charge is 2.32. The van der Waals surface area contributed by atoms with Crippen molar-refractivity contribution in [3.8, 4) is 0 Å². The second kappa shape index (κ2) is 6.18. The minimum Gasteiger partial charge on any atom is -0.336 e. The molecule has 2 aliphatic heterocycles. The summed E-state index contributed by atoms with van der Waals surface area (Å²) < 4.78 is 24.5. The van der Waals surface area contributed by atoms with E-state index < -0.39 is 10.0 Å². The van der Waals surface area contributed by atoms with Gasteiger partial charge in [0.1, 0.15) is 0 Å². The van der Waals surface area contributed by atoms with Crippen LogP contribution in [0.25, 0.3) is 0 Å². The Balaban J connectivity index is 0.00000162. The molecule has 1 N–H and O–H groups in total. The van der Waals surface area contributed by atoms with Gasteiger partial charge in [-0.3, -0.25) is 4.79 Å². The third-order valence-electron chi connectivity index (χ3n) is 3.34. The summed E-state index contributed by atoms with van der Waals surface area (Å²) in [4.78, 5) is 13.8. The van der Waals surface area contributed by atoms with Crippen LogP contribution in [-0.4, -0.2) is 68.0 Å². The third kappa shape index (κ3) is 3.34. The van der Waals surface area contributed by atoms with Crippen molar-refractivity contribution < 1.29 is 13.2 Å². The van der Waals surface area contributed by atoms with Crippen molar-refractivity contribution in [3.05, 3.63) is 0 Å². The molecule has 0 aromatic carbocycles. The number of sulfonamides is 1. The SMILES string of the molecule is C[C@H]1CNCCN1C(=O)CN1CCCS1(=O)=O.Cl. The lowest BCUT2D eigenvalue weighted by Crippen LogP contribution is -2.54. The minimum atomic E-state index is -3.17. The van der Waals surface area contributed by atoms with Gasteiger partial charge >= 0.3 is 0 Å². The Kier molecular flexibility index (Phi) is 5.39. The first kappa shape index (κ1) is 15.7. The van der Waals surface area contributed by atoms with Gasteiger partial charge in [0, 0.05) is 32.2 Å². The first-order chi connectivity index (χ1) is 8.00. The number of nitrogens with one attached hydrogen (secondary N) is 1. The summed E-state index contributed by atoms with van der Waals surface area (Å²) in [5.41, 5.74) is 0. The third-order valence-corrected chi connectivity index (χ3v) is 5.24. The average Bonchev–Trinajstić information content (AvgIpc) is 2.59. The smallest absolute Gasteiger partial charge is 0.238 e. The molecular formula is C10H20ClN3O3S. The lowest BCUT2D eigenvalue weighted by Gasteiger charge is -2.34. The highest BCUT2D eigenvalue weighted by Crippen LogP contribution is 2.14. The number of carbonyl (C=O) groups is 1. The van der Waals surface area contributed by atoms with Gasteiger partial charge in [-0.2, -0.15) is 4.31 Å². The van der Waals surface area contributed by atoms with Crippen LogP contribution in [-0.2, 0) is 14.8 Å². The standard InChI is InChI=1S/C10H19N3O3S.ClH/c1-9-7-11-3-5-13(9)10(14)8-12-4-2-6-17(12,15)16;/h9,11H,2-8H2,1H3;1H/t9-;/m0./s1. The average molecular weight is 298 g/mol. The van der Waals surface area contributed by atoms with Crippen LogP contribution in [0.1, 0.15) is 13.3 Å². The predicted octanol–water partition coefficient (Wildman–Crippen LogP) is -0.736. The number of hydrogen-bond donors (Lipinski definition) is 1. The zero-order chi connectivity index (χ0) is 12.5. The molecule has 0 spiro atoms. The van der Waals surface area contributed by atoms with Gasteiger partial charge in [-0.25, -0.2) is 8.42 Å². The first-order valence-electron chi connectivity index (χ1n) is 5.99. The van der Waals surface area contributed by atoms with Crippen LogP contribution in [0, 0.1) is 0 Å². The summed E-state index contributed by atoms with van der Waals surface area (Å²) >= 11 is 0. The Morgan fingerprint density at radius 1 is 1.39 bits per heavy atom. The van der Waals surface area contributed by atoms with Crippen LogP contribution < -0.4 is 5.32 Å². The molecule has 2 rings (SSSR count). The number of amides is 1. The topological polar surface area (TPSA) is 69.7 Å². The van der Waals surface area contributed by atoms with Crippen molar-refractivity contribution >= 4 is 28.3 Å². The van der Waals surface area contributed by atoms with Crippen LogP contribution in [0.4, 0.5) is 0 Å². The predicted molar refractivity (Wildman–Crippen MR) is 71.3 cm³/mol. The fraction of sp³-hybridized carbons (Fsp3) is 0.900. The zero-order valence-corrected chi connectivity index (χ0v) is 12.1. The van der Waals surface area contributed by atoms with Gasteiger partial charge in [0.2, 0.25) is 15.9 Å². The molecule has 0 aliphatic carbocycles. The molecule has 6 nitrogen and oxygen atoms in total. The van der Waals surface area contributed by atoms with Crippen LogP contribution >= 0.6 is 12.4 Å². The molecule has 1 atom stereocenters. The Labute approximate surface area is 114 Å². The number of piperazine rings is 1. The summed E-state index contributed by atoms with van der Waals surface area (Å²) in [5, 5.41) is 3.20. The van der Waals surface area contributed by atoms with E-state index in [1.807, 2.05) is 6.92 Å². The Hall–Kier alpha value is -0.370. The molecule has 2 aliphatic rings. The summed E-state index contributed by atoms with van der Waals surface area (Å²) in [6, 6.07) is 0.140. The molecule has 8 heteroatoms. The van der Waals surface area contributed by atoms with Crippen molar-refractivity contribution in [2.75, 3.05) is 38.5 Å². The van der Waals surface area contributed by atoms with Crippen LogP contribution in [0.2, 0.25) is 0 Å². The maximum atomic E-state index is 12.0. The van der Waals surface area contributed by atoms with Crippen molar-refractivity contribution in [3.63, 3.8) is 0 Å². The lowest BCUT2D eigenvalue weighted by molar-refractivity contribution is -0.134. The van der Waals surface area contributed by atoms with Gasteiger partial charge in [-0.15, -0.1) is 12.4 Å². The largest absolute Gasteiger partial charge is 0.336 e. The lowest BCUT2D eigenvalue weighted by atomic mass is 10.2. The number of rotatable bonds is 2. The van der Waals surface area contributed by atoms with E-state index in [1.54, 1.807) is 4.90 Å². The molecule has 2 fully saturated rings. The van der Waals surface area contributed by atoms with E-state index in [0.717, 1.165) is 13.1 Å². The van der Waals surface area contributed by atoms with E-state index in [-0.39, 0.29) is 36.7 Å². The zero-order valence-electron chi connectivity index (χ0n) is 10.5. The van der Waals surface area contributed by atoms with Gasteiger partial charge < -0.3 is 10.2 Å². The summed E-state index contributed by atoms with van der Waals surface area (Å²) in [6.45, 7) is 4.68. The van der Waals surface area contributed by atoms with Crippen molar-refractivity contribution in [1.29, 1.82) is 0 Å². The molecule has 106 valence electrons. The normalized spacial score (nSPS) is 27.8. The summed E-state index contributed by atoms with van der Waals surface area (Å²) in [5.74, 6) is 0.0988. The summed E-state index contributed by atoms with van der Waals surface area (Å²) in [6.07, 6.45) is 0.632. The summed E-state index contributed by atoms with van der Waals surface area (Å²) in [7, 11) is -3.17. The molecule has 0 radical (unpaired) electrons. The maximum absolute atomic E-state index is 12.0. The highest BCUT2D eigenvalue weighted by atomic mass is 35.5. The van der Waals surface area contributed by atoms with Gasteiger partial charge in [0.15, 0.2) is 0 Å². The minimum absolute atomic E-state index is 0. The maximum Gasteiger partial charge on any atom is 0.238 e. The highest BCUT2D eigenvalue weighted by molar-refractivity contribution is 7.89. The van der Waals surface area contributed by atoms with Gasteiger partial charge in [0.25, 0.3) is 0 Å². The molecule has 0 aromatic heterocycles. The first-order valence-corrected chi connectivity index (χ1v) is 7.59. The second-order valence-corrected chi connectivity index (χ2v) is 6.73. The number of nitrogens with zero attached hydrogens (tertiary/aromatic N) is 2. The van der Waals surface area contributed by atoms with Gasteiger partial charge in [-0.1, -0.05) is 0 Å². The Morgan fingerprint density at radius 2 is 2.11 bits per heavy atom. The monoisotopic (exact) mass is 297 g/mol. The molecule has 0 aromatic rings. The van der Waals surface area contributed by atoms with Crippen LogP contribution in [0.3, 0.4) is 0 Å². The molecule has 0 saturated carbocycles. The number of hydrogen-bond acceptors (Lipinski definition) is 4. The van der Waals surface area contributed by atoms with Crippen molar-refractivity contribution in [2.45, 2.75) is 19.4 Å². The molecule has 0 unspecified atom stereocenters. The Morgan fingerprint density at radius 3 is 2.67 bits per heavy atom. The van der Waals surface area contributed by atoms with Crippen LogP contribution in [0.5, 0.6) is 0 Å². The number of halogens is 1. The van der Waals surface area contributed by atoms with Gasteiger partial charge in [-0.05, 0) is 13.3 Å². The van der Waals surface area contributed by atoms with Crippen molar-refractivity contribution in [1.82, 2.24) is 14.5 Å². The fourth-order valence-corrected chi connectivity index (χ4v) is 3.79. The van der Waals surface area contributed by atoms with Crippen molar-refractivity contribution in [2.24, 2.45) is 0 Å². The van der Waals surface area contributed by atoms with E-state index in [2.05, 4.69) is 5.32 Å². The quantitative estimate of drug-likeness (QED) is 0.729. The Bertz CT molecular complexity index is 401. The van der Waals surface area contributed by atoms with E-state index >= 15 is 0 Å².